The predicted molar refractivity (Wildman–Crippen MR) is 78.7 cm³/mol. The Kier molecular flexibility index (Phi) is 5.29. The molecule has 114 valence electrons. The lowest BCUT2D eigenvalue weighted by Gasteiger charge is -2.20. The number of nitrogen functional groups attached to an aromatic ring is 1. The lowest BCUT2D eigenvalue weighted by molar-refractivity contribution is -0.131. The highest BCUT2D eigenvalue weighted by Gasteiger charge is 2.25. The van der Waals surface area contributed by atoms with Crippen LogP contribution in [0.4, 0.5) is 5.69 Å². The number of hydrogen-bond donors (Lipinski definition) is 2. The second-order valence-corrected chi connectivity index (χ2v) is 6.25. The summed E-state index contributed by atoms with van der Waals surface area (Å²) in [6, 6.07) is 4.77. The van der Waals surface area contributed by atoms with Crippen molar-refractivity contribution >= 4 is 21.6 Å². The average Bonchev–Trinajstić information content (AvgIpc) is 2.44. The van der Waals surface area contributed by atoms with E-state index >= 15 is 0 Å². The number of sulfonamides is 1. The number of nitrogens with two attached hydrogens (primary N) is 1. The van der Waals surface area contributed by atoms with Gasteiger partial charge >= 0.3 is 0 Å². The number of nitrogens with zero attached hydrogens (tertiary/aromatic N) is 2. The molecule has 0 saturated heterocycles. The van der Waals surface area contributed by atoms with Gasteiger partial charge in [-0.05, 0) is 32.0 Å². The Balaban J connectivity index is 3.08. The Morgan fingerprint density at radius 3 is 2.67 bits per heavy atom. The van der Waals surface area contributed by atoms with Crippen molar-refractivity contribution in [2.24, 2.45) is 0 Å². The molecule has 0 saturated carbocycles. The Hall–Kier alpha value is -2.11. The molecule has 7 nitrogen and oxygen atoms in total. The van der Waals surface area contributed by atoms with E-state index < -0.39 is 16.1 Å². The van der Waals surface area contributed by atoms with Crippen LogP contribution < -0.4 is 10.5 Å². The highest BCUT2D eigenvalue weighted by molar-refractivity contribution is 7.89. The van der Waals surface area contributed by atoms with E-state index in [1.807, 2.05) is 0 Å². The number of amides is 1. The van der Waals surface area contributed by atoms with Crippen molar-refractivity contribution in [1.82, 2.24) is 9.62 Å². The van der Waals surface area contributed by atoms with E-state index in [-0.39, 0.29) is 16.4 Å². The molecule has 0 heterocycles. The highest BCUT2D eigenvalue weighted by atomic mass is 32.2. The molecule has 1 amide bonds. The minimum atomic E-state index is -3.98. The van der Waals surface area contributed by atoms with Crippen LogP contribution >= 0.6 is 0 Å². The molecule has 8 heteroatoms. The van der Waals surface area contributed by atoms with E-state index in [1.54, 1.807) is 20.0 Å². The van der Waals surface area contributed by atoms with Crippen molar-refractivity contribution in [2.45, 2.75) is 24.8 Å². The molecular formula is C13H18N4O3S. The molecule has 21 heavy (non-hydrogen) atoms. The van der Waals surface area contributed by atoms with Gasteiger partial charge in [-0.1, -0.05) is 0 Å². The van der Waals surface area contributed by atoms with Crippen molar-refractivity contribution in [1.29, 1.82) is 5.26 Å². The second kappa shape index (κ2) is 6.56. The third-order valence-electron chi connectivity index (χ3n) is 2.97. The molecule has 1 aromatic carbocycles. The lowest BCUT2D eigenvalue weighted by Crippen LogP contribution is -2.45. The Labute approximate surface area is 124 Å². The summed E-state index contributed by atoms with van der Waals surface area (Å²) in [6.07, 6.45) is 0. The van der Waals surface area contributed by atoms with Crippen molar-refractivity contribution in [3.8, 4) is 6.07 Å². The fourth-order valence-electron chi connectivity index (χ4n) is 1.70. The first-order valence-electron chi connectivity index (χ1n) is 6.29. The summed E-state index contributed by atoms with van der Waals surface area (Å²) < 4.78 is 26.8. The zero-order valence-electron chi connectivity index (χ0n) is 12.1. The number of benzene rings is 1. The van der Waals surface area contributed by atoms with Crippen LogP contribution in [0.25, 0.3) is 0 Å². The smallest absolute Gasteiger partial charge is 0.242 e. The molecule has 0 fully saturated rings. The van der Waals surface area contributed by atoms with Crippen LogP contribution in [0.2, 0.25) is 0 Å². The molecule has 0 aliphatic rings. The quantitative estimate of drug-likeness (QED) is 0.758. The number of nitrogens with one attached hydrogen (secondary N) is 1. The van der Waals surface area contributed by atoms with E-state index in [1.165, 1.54) is 30.0 Å². The maximum Gasteiger partial charge on any atom is 0.242 e. The predicted octanol–water partition coefficient (Wildman–Crippen LogP) is 0.286. The zero-order valence-corrected chi connectivity index (χ0v) is 12.9. The molecule has 0 aromatic heterocycles. The molecule has 1 unspecified atom stereocenters. The molecule has 3 N–H and O–H groups in total. The molecule has 0 bridgehead atoms. The van der Waals surface area contributed by atoms with Crippen LogP contribution in [-0.2, 0) is 14.8 Å². The zero-order chi connectivity index (χ0) is 16.2. The SMILES string of the molecule is CCN(C)C(=O)C(C)NS(=O)(=O)c1ccc(N)cc1C#N. The molecular weight excluding hydrogens is 292 g/mol. The molecule has 1 aromatic rings. The van der Waals surface area contributed by atoms with Gasteiger partial charge in [-0.2, -0.15) is 9.98 Å². The number of carbonyl (C=O) groups is 1. The molecule has 1 atom stereocenters. The fraction of sp³-hybridized carbons (Fsp3) is 0.385. The van der Waals surface area contributed by atoms with Crippen LogP contribution in [0.3, 0.4) is 0 Å². The summed E-state index contributed by atoms with van der Waals surface area (Å²) in [5.74, 6) is -0.352. The third kappa shape index (κ3) is 3.93. The molecule has 0 aliphatic heterocycles. The summed E-state index contributed by atoms with van der Waals surface area (Å²) in [4.78, 5) is 13.1. The van der Waals surface area contributed by atoms with Gasteiger partial charge in [0.15, 0.2) is 0 Å². The summed E-state index contributed by atoms with van der Waals surface area (Å²) in [6.45, 7) is 3.71. The van der Waals surface area contributed by atoms with E-state index in [9.17, 15) is 13.2 Å². The number of carbonyl (C=O) groups excluding carboxylic acids is 1. The largest absolute Gasteiger partial charge is 0.399 e. The van der Waals surface area contributed by atoms with Crippen LogP contribution in [-0.4, -0.2) is 38.9 Å². The van der Waals surface area contributed by atoms with Gasteiger partial charge in [-0.25, -0.2) is 8.42 Å². The highest BCUT2D eigenvalue weighted by Crippen LogP contribution is 2.18. The summed E-state index contributed by atoms with van der Waals surface area (Å²) in [7, 11) is -2.40. The van der Waals surface area contributed by atoms with Gasteiger partial charge in [-0.3, -0.25) is 4.79 Å². The van der Waals surface area contributed by atoms with Crippen LogP contribution in [0.15, 0.2) is 23.1 Å². The molecule has 0 aliphatic carbocycles. The minimum Gasteiger partial charge on any atom is -0.399 e. The minimum absolute atomic E-state index is 0.0639. The first kappa shape index (κ1) is 16.9. The third-order valence-corrected chi connectivity index (χ3v) is 4.57. The Morgan fingerprint density at radius 1 is 1.52 bits per heavy atom. The van der Waals surface area contributed by atoms with Crippen LogP contribution in [0.5, 0.6) is 0 Å². The van der Waals surface area contributed by atoms with Crippen molar-refractivity contribution in [3.63, 3.8) is 0 Å². The van der Waals surface area contributed by atoms with Gasteiger partial charge in [0.1, 0.15) is 6.07 Å². The first-order valence-corrected chi connectivity index (χ1v) is 7.78. The fourth-order valence-corrected chi connectivity index (χ4v) is 3.04. The lowest BCUT2D eigenvalue weighted by atomic mass is 10.2. The summed E-state index contributed by atoms with van der Waals surface area (Å²) >= 11 is 0. The van der Waals surface area contributed by atoms with E-state index in [2.05, 4.69) is 4.72 Å². The standard InChI is InChI=1S/C13H18N4O3S/c1-4-17(3)13(18)9(2)16-21(19,20)12-6-5-11(15)7-10(12)8-14/h5-7,9,16H,4,15H2,1-3H3. The van der Waals surface area contributed by atoms with Crippen LogP contribution in [0.1, 0.15) is 19.4 Å². The average molecular weight is 310 g/mol. The maximum atomic E-state index is 12.3. The summed E-state index contributed by atoms with van der Waals surface area (Å²) in [5.41, 5.74) is 5.75. The first-order chi connectivity index (χ1) is 9.72. The van der Waals surface area contributed by atoms with Gasteiger partial charge in [0, 0.05) is 19.3 Å². The van der Waals surface area contributed by atoms with Crippen molar-refractivity contribution < 1.29 is 13.2 Å². The van der Waals surface area contributed by atoms with Gasteiger partial charge < -0.3 is 10.6 Å². The molecule has 1 rings (SSSR count). The number of anilines is 1. The number of hydrogen-bond acceptors (Lipinski definition) is 5. The van der Waals surface area contributed by atoms with Crippen molar-refractivity contribution in [3.05, 3.63) is 23.8 Å². The number of nitriles is 1. The molecule has 0 spiro atoms. The van der Waals surface area contributed by atoms with E-state index in [0.717, 1.165) is 0 Å². The second-order valence-electron chi connectivity index (χ2n) is 4.56. The van der Waals surface area contributed by atoms with Gasteiger partial charge in [0.05, 0.1) is 16.5 Å². The Morgan fingerprint density at radius 2 is 2.14 bits per heavy atom. The van der Waals surface area contributed by atoms with Gasteiger partial charge in [0.25, 0.3) is 0 Å². The Bertz CT molecular complexity index is 679. The maximum absolute atomic E-state index is 12.3. The number of likely N-dealkylation sites (N-methyl/N-ethyl adjacent to an activating group) is 1. The molecule has 0 radical (unpaired) electrons. The summed E-state index contributed by atoms with van der Waals surface area (Å²) in [5, 5.41) is 9.00. The van der Waals surface area contributed by atoms with Crippen molar-refractivity contribution in [2.75, 3.05) is 19.3 Å². The number of rotatable bonds is 5. The van der Waals surface area contributed by atoms with Gasteiger partial charge in [-0.15, -0.1) is 0 Å². The monoisotopic (exact) mass is 310 g/mol. The topological polar surface area (TPSA) is 116 Å². The van der Waals surface area contributed by atoms with Crippen LogP contribution in [0, 0.1) is 11.3 Å². The normalized spacial score (nSPS) is 12.5. The van der Waals surface area contributed by atoms with E-state index in [4.69, 9.17) is 11.0 Å². The van der Waals surface area contributed by atoms with Gasteiger partial charge in [0.2, 0.25) is 15.9 Å². The van der Waals surface area contributed by atoms with E-state index in [0.29, 0.717) is 12.2 Å².